The molecule has 6 nitrogen and oxygen atoms in total. The van der Waals surface area contributed by atoms with Crippen LogP contribution in [0.15, 0.2) is 0 Å². The molecular weight excluding hydrogens is 232 g/mol. The van der Waals surface area contributed by atoms with E-state index >= 15 is 0 Å². The Morgan fingerprint density at radius 3 is 2.33 bits per heavy atom. The van der Waals surface area contributed by atoms with E-state index in [9.17, 15) is 4.79 Å². The first kappa shape index (κ1) is 14.3. The Morgan fingerprint density at radius 2 is 1.83 bits per heavy atom. The number of hydrogen-bond donors (Lipinski definition) is 2. The number of nitrogens with one attached hydrogen (secondary N) is 1. The van der Waals surface area contributed by atoms with Crippen LogP contribution in [0.4, 0.5) is 5.95 Å². The van der Waals surface area contributed by atoms with Gasteiger partial charge in [-0.15, -0.1) is 5.10 Å². The van der Waals surface area contributed by atoms with Crippen molar-refractivity contribution in [1.82, 2.24) is 15.2 Å². The topological polar surface area (TPSA) is 88.0 Å². The minimum atomic E-state index is -0.862. The van der Waals surface area contributed by atoms with Gasteiger partial charge in [-0.2, -0.15) is 5.10 Å². The Bertz CT molecular complexity index is 432. The number of carboxylic acid groups (broad SMARTS) is 1. The van der Waals surface area contributed by atoms with Crippen molar-refractivity contribution in [3.8, 4) is 0 Å². The smallest absolute Gasteiger partial charge is 0.310 e. The van der Waals surface area contributed by atoms with Gasteiger partial charge in [-0.3, -0.25) is 4.79 Å². The van der Waals surface area contributed by atoms with Crippen molar-refractivity contribution in [1.29, 1.82) is 0 Å². The number of carbonyl (C=O) groups is 1. The van der Waals surface area contributed by atoms with E-state index in [2.05, 4.69) is 20.5 Å². The Morgan fingerprint density at radius 1 is 1.22 bits per heavy atom. The fraction of sp³-hybridized carbons (Fsp3) is 0.667. The molecule has 0 bridgehead atoms. The van der Waals surface area contributed by atoms with Crippen LogP contribution in [0.2, 0.25) is 0 Å². The van der Waals surface area contributed by atoms with Gasteiger partial charge in [0.25, 0.3) is 0 Å². The molecule has 1 rings (SSSR count). The van der Waals surface area contributed by atoms with E-state index in [1.165, 1.54) is 0 Å². The van der Waals surface area contributed by atoms with Crippen molar-refractivity contribution < 1.29 is 9.90 Å². The molecule has 0 aromatic carbocycles. The van der Waals surface area contributed by atoms with Crippen molar-refractivity contribution in [3.63, 3.8) is 0 Å². The fourth-order valence-electron chi connectivity index (χ4n) is 1.39. The molecule has 1 aromatic rings. The van der Waals surface area contributed by atoms with Gasteiger partial charge < -0.3 is 10.4 Å². The van der Waals surface area contributed by atoms with E-state index in [4.69, 9.17) is 5.11 Å². The van der Waals surface area contributed by atoms with Crippen molar-refractivity contribution in [2.24, 2.45) is 5.41 Å². The van der Waals surface area contributed by atoms with E-state index < -0.39 is 11.4 Å². The minimum absolute atomic E-state index is 0.263. The second-order valence-electron chi connectivity index (χ2n) is 4.78. The fourth-order valence-corrected chi connectivity index (χ4v) is 1.39. The van der Waals surface area contributed by atoms with Gasteiger partial charge in [-0.1, -0.05) is 13.8 Å². The van der Waals surface area contributed by atoms with Crippen LogP contribution in [0.3, 0.4) is 0 Å². The van der Waals surface area contributed by atoms with Crippen LogP contribution in [-0.4, -0.2) is 32.8 Å². The average Bonchev–Trinajstić information content (AvgIpc) is 2.35. The van der Waals surface area contributed by atoms with Gasteiger partial charge >= 0.3 is 5.97 Å². The van der Waals surface area contributed by atoms with Crippen LogP contribution in [0, 0.1) is 5.41 Å². The summed E-state index contributed by atoms with van der Waals surface area (Å²) in [5, 5.41) is 20.0. The highest BCUT2D eigenvalue weighted by Crippen LogP contribution is 2.15. The van der Waals surface area contributed by atoms with Crippen LogP contribution in [0.5, 0.6) is 0 Å². The standard InChI is InChI=1S/C12H20N4O2/c1-5-8-9(6-2)15-16-11(14-8)13-7-12(3,4)10(17)18/h5-7H2,1-4H3,(H,17,18)(H,13,14,16). The van der Waals surface area contributed by atoms with Gasteiger partial charge in [0.1, 0.15) is 0 Å². The van der Waals surface area contributed by atoms with Crippen molar-refractivity contribution in [2.75, 3.05) is 11.9 Å². The van der Waals surface area contributed by atoms with Gasteiger partial charge in [0, 0.05) is 6.54 Å². The molecule has 1 heterocycles. The summed E-state index contributed by atoms with van der Waals surface area (Å²) in [4.78, 5) is 15.3. The van der Waals surface area contributed by atoms with Gasteiger partial charge in [0.2, 0.25) is 5.95 Å². The molecule has 0 spiro atoms. The third kappa shape index (κ3) is 3.38. The monoisotopic (exact) mass is 252 g/mol. The molecule has 0 radical (unpaired) electrons. The number of carboxylic acids is 1. The maximum absolute atomic E-state index is 11.0. The zero-order valence-electron chi connectivity index (χ0n) is 11.3. The number of aliphatic carboxylic acids is 1. The van der Waals surface area contributed by atoms with Crippen LogP contribution >= 0.6 is 0 Å². The molecule has 0 saturated carbocycles. The Kier molecular flexibility index (Phi) is 4.58. The summed E-state index contributed by atoms with van der Waals surface area (Å²) in [6.45, 7) is 7.58. The molecular formula is C12H20N4O2. The lowest BCUT2D eigenvalue weighted by molar-refractivity contribution is -0.146. The predicted molar refractivity (Wildman–Crippen MR) is 68.5 cm³/mol. The predicted octanol–water partition coefficient (Wildman–Crippen LogP) is 1.52. The van der Waals surface area contributed by atoms with Crippen molar-refractivity contribution >= 4 is 11.9 Å². The zero-order valence-corrected chi connectivity index (χ0v) is 11.3. The SMILES string of the molecule is CCc1nnc(NCC(C)(C)C(=O)O)nc1CC. The molecule has 0 amide bonds. The number of anilines is 1. The first-order chi connectivity index (χ1) is 8.40. The van der Waals surface area contributed by atoms with Crippen LogP contribution in [-0.2, 0) is 17.6 Å². The molecule has 0 aliphatic heterocycles. The van der Waals surface area contributed by atoms with E-state index in [1.807, 2.05) is 13.8 Å². The molecule has 0 aliphatic rings. The van der Waals surface area contributed by atoms with E-state index in [-0.39, 0.29) is 6.54 Å². The molecule has 6 heteroatoms. The lowest BCUT2D eigenvalue weighted by Gasteiger charge is -2.19. The highest BCUT2D eigenvalue weighted by Gasteiger charge is 2.27. The van der Waals surface area contributed by atoms with Gasteiger partial charge in [-0.25, -0.2) is 4.98 Å². The molecule has 0 saturated heterocycles. The summed E-state index contributed by atoms with van der Waals surface area (Å²) >= 11 is 0. The molecule has 0 unspecified atom stereocenters. The number of aryl methyl sites for hydroxylation is 2. The summed E-state index contributed by atoms with van der Waals surface area (Å²) < 4.78 is 0. The average molecular weight is 252 g/mol. The Labute approximate surface area is 107 Å². The van der Waals surface area contributed by atoms with E-state index in [1.54, 1.807) is 13.8 Å². The highest BCUT2D eigenvalue weighted by molar-refractivity contribution is 5.74. The van der Waals surface area contributed by atoms with Gasteiger partial charge in [0.15, 0.2) is 0 Å². The van der Waals surface area contributed by atoms with E-state index in [0.717, 1.165) is 24.2 Å². The summed E-state index contributed by atoms with van der Waals surface area (Å²) in [6, 6.07) is 0. The third-order valence-corrected chi connectivity index (χ3v) is 2.78. The summed E-state index contributed by atoms with van der Waals surface area (Å²) in [5.41, 5.74) is 0.933. The lowest BCUT2D eigenvalue weighted by Crippen LogP contribution is -2.32. The maximum Gasteiger partial charge on any atom is 0.310 e. The van der Waals surface area contributed by atoms with Crippen LogP contribution < -0.4 is 5.32 Å². The maximum atomic E-state index is 11.0. The van der Waals surface area contributed by atoms with Crippen LogP contribution in [0.25, 0.3) is 0 Å². The largest absolute Gasteiger partial charge is 0.481 e. The molecule has 0 atom stereocenters. The normalized spacial score (nSPS) is 11.3. The summed E-state index contributed by atoms with van der Waals surface area (Å²) in [6.07, 6.45) is 1.58. The number of aromatic nitrogens is 3. The molecule has 0 aliphatic carbocycles. The molecule has 18 heavy (non-hydrogen) atoms. The molecule has 0 fully saturated rings. The quantitative estimate of drug-likeness (QED) is 0.798. The molecule has 2 N–H and O–H groups in total. The van der Waals surface area contributed by atoms with Crippen molar-refractivity contribution in [3.05, 3.63) is 11.4 Å². The number of hydrogen-bond acceptors (Lipinski definition) is 5. The highest BCUT2D eigenvalue weighted by atomic mass is 16.4. The molecule has 100 valence electrons. The Balaban J connectivity index is 2.77. The number of nitrogens with zero attached hydrogens (tertiary/aromatic N) is 3. The molecule has 1 aromatic heterocycles. The zero-order chi connectivity index (χ0) is 13.8. The summed E-state index contributed by atoms with van der Waals surface area (Å²) in [7, 11) is 0. The Hall–Kier alpha value is -1.72. The first-order valence-corrected chi connectivity index (χ1v) is 6.10. The van der Waals surface area contributed by atoms with Crippen molar-refractivity contribution in [2.45, 2.75) is 40.5 Å². The lowest BCUT2D eigenvalue weighted by atomic mass is 9.94. The second kappa shape index (κ2) is 5.75. The first-order valence-electron chi connectivity index (χ1n) is 6.10. The third-order valence-electron chi connectivity index (χ3n) is 2.78. The van der Waals surface area contributed by atoms with E-state index in [0.29, 0.717) is 5.95 Å². The van der Waals surface area contributed by atoms with Gasteiger partial charge in [-0.05, 0) is 26.7 Å². The van der Waals surface area contributed by atoms with Gasteiger partial charge in [0.05, 0.1) is 16.8 Å². The second-order valence-corrected chi connectivity index (χ2v) is 4.78. The summed E-state index contributed by atoms with van der Waals surface area (Å²) in [5.74, 6) is -0.470. The number of rotatable bonds is 6. The minimum Gasteiger partial charge on any atom is -0.481 e. The van der Waals surface area contributed by atoms with Crippen LogP contribution in [0.1, 0.15) is 39.1 Å².